The zero-order valence-corrected chi connectivity index (χ0v) is 14.7. The van der Waals surface area contributed by atoms with Crippen molar-refractivity contribution in [2.75, 3.05) is 0 Å². The molecule has 0 spiro atoms. The molecule has 0 atom stereocenters. The summed E-state index contributed by atoms with van der Waals surface area (Å²) in [5.41, 5.74) is 4.66. The van der Waals surface area contributed by atoms with Crippen molar-refractivity contribution in [2.45, 2.75) is 37.6 Å². The molecular formula is C15H16F2N4O4S. The third kappa shape index (κ3) is 5.15. The van der Waals surface area contributed by atoms with E-state index >= 15 is 0 Å². The van der Waals surface area contributed by atoms with E-state index in [9.17, 15) is 23.2 Å². The Morgan fingerprint density at radius 1 is 1.35 bits per heavy atom. The van der Waals surface area contributed by atoms with Gasteiger partial charge in [-0.1, -0.05) is 0 Å². The first kappa shape index (κ1) is 19.6. The number of aromatic nitrogens is 2. The fraction of sp³-hybridized carbons (Fsp3) is 0.333. The normalized spacial score (nSPS) is 10.8. The summed E-state index contributed by atoms with van der Waals surface area (Å²) < 4.78 is 29.6. The number of carbonyl (C=O) groups is 2. The smallest absolute Gasteiger partial charge is 0.291 e. The number of hydrogen-bond donors (Lipinski definition) is 3. The maximum absolute atomic E-state index is 12.3. The predicted octanol–water partition coefficient (Wildman–Crippen LogP) is 1.69. The molecule has 140 valence electrons. The molecule has 2 aromatic heterocycles. The van der Waals surface area contributed by atoms with Gasteiger partial charge in [0, 0.05) is 17.7 Å². The second-order valence-corrected chi connectivity index (χ2v) is 6.19. The summed E-state index contributed by atoms with van der Waals surface area (Å²) in [7, 11) is 0. The third-order valence-corrected chi connectivity index (χ3v) is 4.02. The number of rotatable bonds is 6. The molecule has 0 aliphatic carbocycles. The molecule has 0 aromatic carbocycles. The van der Waals surface area contributed by atoms with Gasteiger partial charge in [0.15, 0.2) is 5.16 Å². The number of nitrogens with one attached hydrogen (secondary N) is 3. The molecule has 0 unspecified atom stereocenters. The molecule has 0 saturated heterocycles. The quantitative estimate of drug-likeness (QED) is 0.395. The molecule has 11 heteroatoms. The number of thioether (sulfide) groups is 1. The summed E-state index contributed by atoms with van der Waals surface area (Å²) in [5.74, 6) is -3.35. The number of hydrogen-bond acceptors (Lipinski definition) is 6. The molecule has 0 radical (unpaired) electrons. The zero-order valence-electron chi connectivity index (χ0n) is 13.9. The minimum atomic E-state index is -2.70. The van der Waals surface area contributed by atoms with Crippen molar-refractivity contribution in [1.82, 2.24) is 20.8 Å². The number of halogens is 2. The van der Waals surface area contributed by atoms with Crippen LogP contribution in [0.4, 0.5) is 8.78 Å². The average Bonchev–Trinajstić information content (AvgIpc) is 2.97. The highest BCUT2D eigenvalue weighted by atomic mass is 32.2. The Hall–Kier alpha value is -2.69. The number of amides is 2. The number of furan rings is 1. The fourth-order valence-corrected chi connectivity index (χ4v) is 2.64. The number of aromatic amines is 1. The van der Waals surface area contributed by atoms with E-state index in [0.29, 0.717) is 5.76 Å². The molecule has 0 bridgehead atoms. The molecule has 2 heterocycles. The maximum atomic E-state index is 12.3. The van der Waals surface area contributed by atoms with E-state index in [4.69, 9.17) is 4.42 Å². The van der Waals surface area contributed by atoms with Gasteiger partial charge in [0.05, 0.1) is 11.8 Å². The first-order chi connectivity index (χ1) is 12.3. The Balaban J connectivity index is 1.90. The Morgan fingerprint density at radius 3 is 2.65 bits per heavy atom. The molecule has 0 fully saturated rings. The lowest BCUT2D eigenvalue weighted by molar-refractivity contribution is -0.121. The Morgan fingerprint density at radius 2 is 2.08 bits per heavy atom. The summed E-state index contributed by atoms with van der Waals surface area (Å²) >= 11 is 0.137. The second kappa shape index (κ2) is 8.61. The van der Waals surface area contributed by atoms with Crippen LogP contribution in [0.1, 0.15) is 33.8 Å². The number of hydrazine groups is 1. The average molecular weight is 386 g/mol. The lowest BCUT2D eigenvalue weighted by Crippen LogP contribution is -2.42. The van der Waals surface area contributed by atoms with Crippen LogP contribution in [0.25, 0.3) is 0 Å². The molecule has 0 aliphatic rings. The summed E-state index contributed by atoms with van der Waals surface area (Å²) in [6.07, 6.45) is 1.29. The highest BCUT2D eigenvalue weighted by molar-refractivity contribution is 7.99. The fourth-order valence-electron chi connectivity index (χ4n) is 2.13. The van der Waals surface area contributed by atoms with Crippen LogP contribution in [0.3, 0.4) is 0 Å². The van der Waals surface area contributed by atoms with Crippen LogP contribution >= 0.6 is 11.8 Å². The standard InChI is InChI=1S/C15H16F2N4O4S/c1-7-9(12(23)19-15(18-7)26-14(16)17)3-4-11(22)20-21-13(24)10-5-6-25-8(10)2/h5-6,14H,3-4H2,1-2H3,(H,20,22)(H,21,24)(H,18,19,23). The van der Waals surface area contributed by atoms with Crippen LogP contribution in [0.5, 0.6) is 0 Å². The topological polar surface area (TPSA) is 117 Å². The Bertz CT molecular complexity index is 866. The van der Waals surface area contributed by atoms with Gasteiger partial charge in [-0.3, -0.25) is 25.2 Å². The molecule has 8 nitrogen and oxygen atoms in total. The Kier molecular flexibility index (Phi) is 6.50. The molecule has 0 aliphatic heterocycles. The predicted molar refractivity (Wildman–Crippen MR) is 88.8 cm³/mol. The van der Waals surface area contributed by atoms with Crippen molar-refractivity contribution >= 4 is 23.6 Å². The van der Waals surface area contributed by atoms with Gasteiger partial charge in [-0.2, -0.15) is 8.78 Å². The van der Waals surface area contributed by atoms with Crippen LogP contribution < -0.4 is 16.4 Å². The summed E-state index contributed by atoms with van der Waals surface area (Å²) in [6.45, 7) is 3.11. The highest BCUT2D eigenvalue weighted by Crippen LogP contribution is 2.21. The molecule has 3 N–H and O–H groups in total. The number of H-pyrrole nitrogens is 1. The van der Waals surface area contributed by atoms with Gasteiger partial charge < -0.3 is 9.40 Å². The summed E-state index contributed by atoms with van der Waals surface area (Å²) in [6, 6.07) is 1.46. The zero-order chi connectivity index (χ0) is 19.3. The van der Waals surface area contributed by atoms with E-state index in [1.165, 1.54) is 19.3 Å². The lowest BCUT2D eigenvalue weighted by Gasteiger charge is -2.08. The van der Waals surface area contributed by atoms with Crippen molar-refractivity contribution in [2.24, 2.45) is 0 Å². The summed E-state index contributed by atoms with van der Waals surface area (Å²) in [4.78, 5) is 41.7. The van der Waals surface area contributed by atoms with Crippen molar-refractivity contribution in [3.8, 4) is 0 Å². The molecule has 0 saturated carbocycles. The first-order valence-electron chi connectivity index (χ1n) is 7.45. The van der Waals surface area contributed by atoms with Crippen LogP contribution in [0.2, 0.25) is 0 Å². The van der Waals surface area contributed by atoms with Gasteiger partial charge in [0.2, 0.25) is 5.91 Å². The number of carbonyl (C=O) groups excluding carboxylic acids is 2. The van der Waals surface area contributed by atoms with E-state index in [2.05, 4.69) is 20.8 Å². The largest absolute Gasteiger partial charge is 0.469 e. The van der Waals surface area contributed by atoms with E-state index in [0.717, 1.165) is 0 Å². The van der Waals surface area contributed by atoms with Crippen molar-refractivity contribution in [3.63, 3.8) is 0 Å². The minimum absolute atomic E-state index is 0.0419. The van der Waals surface area contributed by atoms with Crippen LogP contribution in [-0.4, -0.2) is 27.5 Å². The van der Waals surface area contributed by atoms with Crippen molar-refractivity contribution in [3.05, 3.63) is 45.3 Å². The first-order valence-corrected chi connectivity index (χ1v) is 8.33. The summed E-state index contributed by atoms with van der Waals surface area (Å²) in [5, 5.41) is -0.182. The van der Waals surface area contributed by atoms with E-state index < -0.39 is 23.1 Å². The minimum Gasteiger partial charge on any atom is -0.469 e. The maximum Gasteiger partial charge on any atom is 0.291 e. The van der Waals surface area contributed by atoms with Gasteiger partial charge in [-0.05, 0) is 38.1 Å². The SMILES string of the molecule is Cc1nc(SC(F)F)[nH]c(=O)c1CCC(=O)NNC(=O)c1ccoc1C. The van der Waals surface area contributed by atoms with Gasteiger partial charge in [-0.25, -0.2) is 4.98 Å². The van der Waals surface area contributed by atoms with Gasteiger partial charge in [0.1, 0.15) is 5.76 Å². The second-order valence-electron chi connectivity index (χ2n) is 5.21. The monoisotopic (exact) mass is 386 g/mol. The third-order valence-electron chi connectivity index (χ3n) is 3.42. The van der Waals surface area contributed by atoms with Gasteiger partial charge in [-0.15, -0.1) is 0 Å². The van der Waals surface area contributed by atoms with Gasteiger partial charge in [0.25, 0.3) is 17.2 Å². The lowest BCUT2D eigenvalue weighted by atomic mass is 10.1. The molecule has 2 aromatic rings. The number of nitrogens with zero attached hydrogens (tertiary/aromatic N) is 1. The number of aryl methyl sites for hydroxylation is 2. The van der Waals surface area contributed by atoms with E-state index in [-0.39, 0.29) is 46.6 Å². The molecule has 26 heavy (non-hydrogen) atoms. The number of alkyl halides is 2. The van der Waals surface area contributed by atoms with E-state index in [1.807, 2.05) is 0 Å². The van der Waals surface area contributed by atoms with E-state index in [1.54, 1.807) is 6.92 Å². The molecule has 2 rings (SSSR count). The van der Waals surface area contributed by atoms with Crippen LogP contribution in [0.15, 0.2) is 26.7 Å². The van der Waals surface area contributed by atoms with Crippen molar-refractivity contribution < 1.29 is 22.8 Å². The Labute approximate surface area is 150 Å². The van der Waals surface area contributed by atoms with Gasteiger partial charge >= 0.3 is 0 Å². The van der Waals surface area contributed by atoms with Crippen LogP contribution in [0, 0.1) is 13.8 Å². The highest BCUT2D eigenvalue weighted by Gasteiger charge is 2.15. The van der Waals surface area contributed by atoms with Crippen molar-refractivity contribution in [1.29, 1.82) is 0 Å². The van der Waals surface area contributed by atoms with Crippen LogP contribution in [-0.2, 0) is 11.2 Å². The molecule has 2 amide bonds. The molecular weight excluding hydrogens is 370 g/mol.